The number of nitrogens with one attached hydrogen (secondary N) is 1. The molecule has 1 N–H and O–H groups in total. The summed E-state index contributed by atoms with van der Waals surface area (Å²) in [4.78, 5) is 24.1. The number of amides is 1. The molecule has 2 rings (SSSR count). The first-order valence-corrected chi connectivity index (χ1v) is 7.67. The zero-order valence-electron chi connectivity index (χ0n) is 13.6. The molecular weight excluding hydrogens is 290 g/mol. The van der Waals surface area contributed by atoms with Gasteiger partial charge >= 0.3 is 5.97 Å². The van der Waals surface area contributed by atoms with Crippen molar-refractivity contribution in [2.24, 2.45) is 0 Å². The number of hydrogen-bond acceptors (Lipinski definition) is 3. The summed E-state index contributed by atoms with van der Waals surface area (Å²) >= 11 is 0. The van der Waals surface area contributed by atoms with Gasteiger partial charge < -0.3 is 10.1 Å². The first-order chi connectivity index (χ1) is 11.0. The molecule has 0 heterocycles. The van der Waals surface area contributed by atoms with E-state index in [0.29, 0.717) is 11.3 Å². The Balaban J connectivity index is 1.93. The Morgan fingerprint density at radius 3 is 2.22 bits per heavy atom. The highest BCUT2D eigenvalue weighted by Gasteiger charge is 2.18. The average Bonchev–Trinajstić information content (AvgIpc) is 2.56. The Morgan fingerprint density at radius 2 is 1.65 bits per heavy atom. The highest BCUT2D eigenvalue weighted by atomic mass is 16.5. The normalized spacial score (nSPS) is 11.6. The monoisotopic (exact) mass is 311 g/mol. The molecule has 0 aromatic heterocycles. The summed E-state index contributed by atoms with van der Waals surface area (Å²) in [7, 11) is 0. The van der Waals surface area contributed by atoms with Gasteiger partial charge in [0.25, 0.3) is 5.91 Å². The van der Waals surface area contributed by atoms with Gasteiger partial charge in [0.1, 0.15) is 0 Å². The molecule has 1 atom stereocenters. The Hall–Kier alpha value is -2.62. The van der Waals surface area contributed by atoms with Crippen LogP contribution in [0.25, 0.3) is 0 Å². The van der Waals surface area contributed by atoms with Crippen LogP contribution >= 0.6 is 0 Å². The van der Waals surface area contributed by atoms with Gasteiger partial charge in [-0.15, -0.1) is 0 Å². The Morgan fingerprint density at radius 1 is 1.04 bits per heavy atom. The summed E-state index contributed by atoms with van der Waals surface area (Å²) in [6.07, 6.45) is 0.0772. The largest absolute Gasteiger partial charge is 0.449 e. The molecule has 0 saturated heterocycles. The molecule has 23 heavy (non-hydrogen) atoms. The lowest BCUT2D eigenvalue weighted by molar-refractivity contribution is -0.123. The molecule has 2 aromatic carbocycles. The fourth-order valence-corrected chi connectivity index (χ4v) is 2.04. The molecule has 120 valence electrons. The highest BCUT2D eigenvalue weighted by molar-refractivity contribution is 5.97. The van der Waals surface area contributed by atoms with Crippen molar-refractivity contribution in [3.63, 3.8) is 0 Å². The van der Waals surface area contributed by atoms with Crippen LogP contribution in [-0.4, -0.2) is 18.0 Å². The third-order valence-corrected chi connectivity index (χ3v) is 3.57. The quantitative estimate of drug-likeness (QED) is 0.856. The van der Waals surface area contributed by atoms with Crippen LogP contribution in [0.1, 0.15) is 35.3 Å². The maximum Gasteiger partial charge on any atom is 0.338 e. The lowest BCUT2D eigenvalue weighted by Crippen LogP contribution is -2.30. The van der Waals surface area contributed by atoms with E-state index in [9.17, 15) is 9.59 Å². The molecule has 0 bridgehead atoms. The number of aryl methyl sites for hydroxylation is 2. The second-order valence-electron chi connectivity index (χ2n) is 5.45. The number of carbonyl (C=O) groups is 2. The Labute approximate surface area is 136 Å². The van der Waals surface area contributed by atoms with Crippen molar-refractivity contribution < 1.29 is 14.3 Å². The van der Waals surface area contributed by atoms with Crippen LogP contribution in [-0.2, 0) is 16.0 Å². The number of esters is 1. The van der Waals surface area contributed by atoms with Crippen molar-refractivity contribution in [3.8, 4) is 0 Å². The van der Waals surface area contributed by atoms with Crippen LogP contribution in [0.15, 0.2) is 48.5 Å². The zero-order valence-corrected chi connectivity index (χ0v) is 13.6. The van der Waals surface area contributed by atoms with Crippen molar-refractivity contribution in [1.29, 1.82) is 0 Å². The van der Waals surface area contributed by atoms with E-state index in [1.165, 1.54) is 5.56 Å². The minimum absolute atomic E-state index is 0.352. The molecule has 0 aliphatic heterocycles. The number of carbonyl (C=O) groups excluding carboxylic acids is 2. The Kier molecular flexibility index (Phi) is 5.52. The predicted molar refractivity (Wildman–Crippen MR) is 90.5 cm³/mol. The van der Waals surface area contributed by atoms with Gasteiger partial charge in [-0.1, -0.05) is 36.8 Å². The molecule has 2 aromatic rings. The first-order valence-electron chi connectivity index (χ1n) is 7.67. The van der Waals surface area contributed by atoms with Crippen LogP contribution in [0.3, 0.4) is 0 Å². The predicted octanol–water partition coefficient (Wildman–Crippen LogP) is 3.74. The number of rotatable bonds is 5. The summed E-state index contributed by atoms with van der Waals surface area (Å²) in [5.74, 6) is -0.858. The van der Waals surface area contributed by atoms with Gasteiger partial charge in [-0.05, 0) is 50.1 Å². The van der Waals surface area contributed by atoms with Crippen molar-refractivity contribution >= 4 is 17.6 Å². The molecule has 4 heteroatoms. The Bertz CT molecular complexity index is 675. The maximum absolute atomic E-state index is 12.1. The third-order valence-electron chi connectivity index (χ3n) is 3.57. The number of benzene rings is 2. The van der Waals surface area contributed by atoms with E-state index in [1.54, 1.807) is 19.1 Å². The van der Waals surface area contributed by atoms with E-state index in [2.05, 4.69) is 12.2 Å². The summed E-state index contributed by atoms with van der Waals surface area (Å²) in [5.41, 5.74) is 3.37. The number of anilines is 1. The van der Waals surface area contributed by atoms with Crippen molar-refractivity contribution in [3.05, 3.63) is 65.2 Å². The SMILES string of the molecule is CCc1ccc(NC(=O)[C@@H](C)OC(=O)c2ccc(C)cc2)cc1. The fourth-order valence-electron chi connectivity index (χ4n) is 2.04. The van der Waals surface area contributed by atoms with Crippen molar-refractivity contribution in [2.75, 3.05) is 5.32 Å². The molecule has 0 fully saturated rings. The highest BCUT2D eigenvalue weighted by Crippen LogP contribution is 2.12. The number of ether oxygens (including phenoxy) is 1. The second-order valence-corrected chi connectivity index (χ2v) is 5.45. The lowest BCUT2D eigenvalue weighted by atomic mass is 10.1. The van der Waals surface area contributed by atoms with Crippen molar-refractivity contribution in [1.82, 2.24) is 0 Å². The van der Waals surface area contributed by atoms with Crippen LogP contribution in [0, 0.1) is 6.92 Å². The van der Waals surface area contributed by atoms with Gasteiger partial charge in [0.05, 0.1) is 5.56 Å². The van der Waals surface area contributed by atoms with E-state index in [0.717, 1.165) is 12.0 Å². The second kappa shape index (κ2) is 7.58. The van der Waals surface area contributed by atoms with E-state index >= 15 is 0 Å². The summed E-state index contributed by atoms with van der Waals surface area (Å²) in [5, 5.41) is 2.74. The molecule has 1 amide bonds. The molecule has 0 radical (unpaired) electrons. The maximum atomic E-state index is 12.1. The van der Waals surface area contributed by atoms with E-state index in [-0.39, 0.29) is 5.91 Å². The van der Waals surface area contributed by atoms with Crippen LogP contribution in [0.4, 0.5) is 5.69 Å². The van der Waals surface area contributed by atoms with E-state index in [4.69, 9.17) is 4.74 Å². The third kappa shape index (κ3) is 4.68. The average molecular weight is 311 g/mol. The van der Waals surface area contributed by atoms with E-state index < -0.39 is 12.1 Å². The van der Waals surface area contributed by atoms with Gasteiger partial charge in [-0.25, -0.2) is 4.79 Å². The molecule has 0 unspecified atom stereocenters. The molecule has 0 spiro atoms. The van der Waals surface area contributed by atoms with Crippen LogP contribution in [0.2, 0.25) is 0 Å². The standard InChI is InChI=1S/C19H21NO3/c1-4-15-7-11-17(12-8-15)20-18(21)14(3)23-19(22)16-9-5-13(2)6-10-16/h5-12,14H,4H2,1-3H3,(H,20,21)/t14-/m1/s1. The summed E-state index contributed by atoms with van der Waals surface area (Å²) in [6.45, 7) is 5.57. The minimum atomic E-state index is -0.866. The molecule has 0 aliphatic rings. The minimum Gasteiger partial charge on any atom is -0.449 e. The van der Waals surface area contributed by atoms with Crippen molar-refractivity contribution in [2.45, 2.75) is 33.3 Å². The first kappa shape index (κ1) is 16.7. The molecule has 0 saturated carbocycles. The van der Waals surface area contributed by atoms with E-state index in [1.807, 2.05) is 43.3 Å². The van der Waals surface area contributed by atoms with Gasteiger partial charge in [-0.2, -0.15) is 0 Å². The topological polar surface area (TPSA) is 55.4 Å². The zero-order chi connectivity index (χ0) is 16.8. The lowest BCUT2D eigenvalue weighted by Gasteiger charge is -2.14. The molecular formula is C19H21NO3. The molecule has 0 aliphatic carbocycles. The van der Waals surface area contributed by atoms with Crippen LogP contribution < -0.4 is 5.32 Å². The smallest absolute Gasteiger partial charge is 0.338 e. The van der Waals surface area contributed by atoms with Gasteiger partial charge in [-0.3, -0.25) is 4.79 Å². The summed E-state index contributed by atoms with van der Waals surface area (Å²) in [6, 6.07) is 14.6. The van der Waals surface area contributed by atoms with Crippen LogP contribution in [0.5, 0.6) is 0 Å². The summed E-state index contributed by atoms with van der Waals surface area (Å²) < 4.78 is 5.20. The fraction of sp³-hybridized carbons (Fsp3) is 0.263. The number of hydrogen-bond donors (Lipinski definition) is 1. The van der Waals surface area contributed by atoms with Gasteiger partial charge in [0, 0.05) is 5.69 Å². The molecule has 4 nitrogen and oxygen atoms in total. The van der Waals surface area contributed by atoms with Gasteiger partial charge in [0.15, 0.2) is 6.10 Å². The van der Waals surface area contributed by atoms with Gasteiger partial charge in [0.2, 0.25) is 0 Å².